The Morgan fingerprint density at radius 2 is 1.70 bits per heavy atom. The number of nitrogens with one attached hydrogen (secondary N) is 1. The van der Waals surface area contributed by atoms with E-state index < -0.39 is 0 Å². The SMILES string of the molecule is COc1ccc(CCNC(=O)C(C)N2CCN(c3ccc(Cl)cc3)CC2)cc1OC. The second-order valence-corrected chi connectivity index (χ2v) is 7.84. The van der Waals surface area contributed by atoms with E-state index in [0.717, 1.165) is 43.2 Å². The molecule has 0 saturated carbocycles. The molecule has 2 aromatic carbocycles. The van der Waals surface area contributed by atoms with E-state index in [1.807, 2.05) is 49.4 Å². The summed E-state index contributed by atoms with van der Waals surface area (Å²) in [4.78, 5) is 17.2. The maximum atomic E-state index is 12.6. The summed E-state index contributed by atoms with van der Waals surface area (Å²) in [6.45, 7) is 6.06. The van der Waals surface area contributed by atoms with Crippen LogP contribution in [-0.2, 0) is 11.2 Å². The van der Waals surface area contributed by atoms with Crippen LogP contribution in [0.15, 0.2) is 42.5 Å². The van der Waals surface area contributed by atoms with Crippen LogP contribution in [0.4, 0.5) is 5.69 Å². The second-order valence-electron chi connectivity index (χ2n) is 7.41. The monoisotopic (exact) mass is 431 g/mol. The molecule has 6 nitrogen and oxygen atoms in total. The zero-order valence-corrected chi connectivity index (χ0v) is 18.6. The first kappa shape index (κ1) is 22.2. The number of anilines is 1. The summed E-state index contributed by atoms with van der Waals surface area (Å²) in [6.07, 6.45) is 0.739. The zero-order valence-electron chi connectivity index (χ0n) is 17.9. The quantitative estimate of drug-likeness (QED) is 0.695. The van der Waals surface area contributed by atoms with Gasteiger partial charge < -0.3 is 19.7 Å². The van der Waals surface area contributed by atoms with Crippen LogP contribution in [0.5, 0.6) is 11.5 Å². The Bertz CT molecular complexity index is 836. The molecule has 0 bridgehead atoms. The molecule has 2 aromatic rings. The summed E-state index contributed by atoms with van der Waals surface area (Å²) < 4.78 is 10.6. The van der Waals surface area contributed by atoms with Gasteiger partial charge in [-0.25, -0.2) is 0 Å². The number of halogens is 1. The first-order valence-corrected chi connectivity index (χ1v) is 10.6. The van der Waals surface area contributed by atoms with E-state index >= 15 is 0 Å². The average molecular weight is 432 g/mol. The number of carbonyl (C=O) groups excluding carboxylic acids is 1. The van der Waals surface area contributed by atoms with Crippen molar-refractivity contribution >= 4 is 23.2 Å². The van der Waals surface area contributed by atoms with Crippen LogP contribution in [0.3, 0.4) is 0 Å². The van der Waals surface area contributed by atoms with Gasteiger partial charge in [-0.1, -0.05) is 17.7 Å². The normalized spacial score (nSPS) is 15.5. The van der Waals surface area contributed by atoms with E-state index in [0.29, 0.717) is 18.0 Å². The van der Waals surface area contributed by atoms with Gasteiger partial charge in [0.05, 0.1) is 20.3 Å². The van der Waals surface area contributed by atoms with Gasteiger partial charge >= 0.3 is 0 Å². The standard InChI is InChI=1S/C23H30ClN3O3/c1-17(26-12-14-27(15-13-26)20-7-5-19(24)6-8-20)23(28)25-11-10-18-4-9-21(29-2)22(16-18)30-3/h4-9,16-17H,10-15H2,1-3H3,(H,25,28). The number of ether oxygens (including phenoxy) is 2. The lowest BCUT2D eigenvalue weighted by Crippen LogP contribution is -2.54. The Morgan fingerprint density at radius 1 is 1.03 bits per heavy atom. The van der Waals surface area contributed by atoms with Gasteiger partial charge in [-0.3, -0.25) is 9.69 Å². The molecule has 1 aliphatic rings. The summed E-state index contributed by atoms with van der Waals surface area (Å²) in [5.41, 5.74) is 2.27. The number of piperazine rings is 1. The molecule has 1 heterocycles. The summed E-state index contributed by atoms with van der Waals surface area (Å²) in [6, 6.07) is 13.6. The van der Waals surface area contributed by atoms with Crippen LogP contribution in [-0.4, -0.2) is 63.8 Å². The van der Waals surface area contributed by atoms with Crippen molar-refractivity contribution in [2.75, 3.05) is 51.8 Å². The van der Waals surface area contributed by atoms with Gasteiger partial charge in [-0.05, 0) is 55.3 Å². The summed E-state index contributed by atoms with van der Waals surface area (Å²) in [5, 5.41) is 3.81. The summed E-state index contributed by atoms with van der Waals surface area (Å²) in [5.74, 6) is 1.47. The van der Waals surface area contributed by atoms with E-state index in [2.05, 4.69) is 15.1 Å². The third kappa shape index (κ3) is 5.58. The lowest BCUT2D eigenvalue weighted by atomic mass is 10.1. The van der Waals surface area contributed by atoms with Crippen molar-refractivity contribution in [3.8, 4) is 11.5 Å². The van der Waals surface area contributed by atoms with E-state index in [1.54, 1.807) is 14.2 Å². The number of methoxy groups -OCH3 is 2. The molecular weight excluding hydrogens is 402 g/mol. The van der Waals surface area contributed by atoms with Crippen LogP contribution >= 0.6 is 11.6 Å². The van der Waals surface area contributed by atoms with Crippen LogP contribution in [0.25, 0.3) is 0 Å². The average Bonchev–Trinajstić information content (AvgIpc) is 2.79. The predicted molar refractivity (Wildman–Crippen MR) is 121 cm³/mol. The molecule has 3 rings (SSSR count). The van der Waals surface area contributed by atoms with Crippen molar-refractivity contribution < 1.29 is 14.3 Å². The van der Waals surface area contributed by atoms with Crippen molar-refractivity contribution in [3.63, 3.8) is 0 Å². The fraction of sp³-hybridized carbons (Fsp3) is 0.435. The fourth-order valence-electron chi connectivity index (χ4n) is 3.70. The molecule has 7 heteroatoms. The van der Waals surface area contributed by atoms with Crippen molar-refractivity contribution in [2.45, 2.75) is 19.4 Å². The number of hydrogen-bond donors (Lipinski definition) is 1. The number of rotatable bonds is 8. The van der Waals surface area contributed by atoms with Crippen LogP contribution in [0.2, 0.25) is 5.02 Å². The number of nitrogens with zero attached hydrogens (tertiary/aromatic N) is 2. The van der Waals surface area contributed by atoms with Gasteiger partial charge in [-0.2, -0.15) is 0 Å². The zero-order chi connectivity index (χ0) is 21.5. The van der Waals surface area contributed by atoms with Crippen molar-refractivity contribution in [2.24, 2.45) is 0 Å². The molecule has 0 aliphatic carbocycles. The molecule has 0 radical (unpaired) electrons. The Morgan fingerprint density at radius 3 is 2.33 bits per heavy atom. The largest absolute Gasteiger partial charge is 0.493 e. The third-order valence-electron chi connectivity index (χ3n) is 5.59. The molecule has 1 atom stereocenters. The van der Waals surface area contributed by atoms with E-state index in [1.165, 1.54) is 5.69 Å². The lowest BCUT2D eigenvalue weighted by molar-refractivity contribution is -0.125. The van der Waals surface area contributed by atoms with Gasteiger partial charge in [0, 0.05) is 43.4 Å². The third-order valence-corrected chi connectivity index (χ3v) is 5.85. The predicted octanol–water partition coefficient (Wildman–Crippen LogP) is 3.23. The maximum absolute atomic E-state index is 12.6. The number of benzene rings is 2. The highest BCUT2D eigenvalue weighted by atomic mass is 35.5. The Hall–Kier alpha value is -2.44. The minimum atomic E-state index is -0.150. The highest BCUT2D eigenvalue weighted by Crippen LogP contribution is 2.27. The van der Waals surface area contributed by atoms with Crippen LogP contribution < -0.4 is 19.7 Å². The first-order valence-electron chi connectivity index (χ1n) is 10.2. The molecule has 162 valence electrons. The molecular formula is C23H30ClN3O3. The highest BCUT2D eigenvalue weighted by Gasteiger charge is 2.25. The number of hydrogen-bond acceptors (Lipinski definition) is 5. The van der Waals surface area contributed by atoms with Gasteiger partial charge in [0.15, 0.2) is 11.5 Å². The smallest absolute Gasteiger partial charge is 0.237 e. The van der Waals surface area contributed by atoms with Gasteiger partial charge in [0.25, 0.3) is 0 Å². The van der Waals surface area contributed by atoms with Crippen LogP contribution in [0, 0.1) is 0 Å². The molecule has 0 aromatic heterocycles. The molecule has 1 aliphatic heterocycles. The van der Waals surface area contributed by atoms with Gasteiger partial charge in [0.2, 0.25) is 5.91 Å². The molecule has 1 unspecified atom stereocenters. The molecule has 1 N–H and O–H groups in total. The topological polar surface area (TPSA) is 54.0 Å². The van der Waals surface area contributed by atoms with Crippen LogP contribution in [0.1, 0.15) is 12.5 Å². The Balaban J connectivity index is 1.44. The molecule has 0 spiro atoms. The lowest BCUT2D eigenvalue weighted by Gasteiger charge is -2.38. The fourth-order valence-corrected chi connectivity index (χ4v) is 3.83. The first-order chi connectivity index (χ1) is 14.5. The van der Waals surface area contributed by atoms with Crippen molar-refractivity contribution in [3.05, 3.63) is 53.1 Å². The summed E-state index contributed by atoms with van der Waals surface area (Å²) in [7, 11) is 3.24. The molecule has 1 saturated heterocycles. The number of carbonyl (C=O) groups is 1. The van der Waals surface area contributed by atoms with Crippen molar-refractivity contribution in [1.29, 1.82) is 0 Å². The van der Waals surface area contributed by atoms with E-state index in [-0.39, 0.29) is 11.9 Å². The number of amides is 1. The minimum Gasteiger partial charge on any atom is -0.493 e. The van der Waals surface area contributed by atoms with Gasteiger partial charge in [0.1, 0.15) is 0 Å². The second kappa shape index (κ2) is 10.5. The van der Waals surface area contributed by atoms with Crippen molar-refractivity contribution in [1.82, 2.24) is 10.2 Å². The maximum Gasteiger partial charge on any atom is 0.237 e. The van der Waals surface area contributed by atoms with Gasteiger partial charge in [-0.15, -0.1) is 0 Å². The van der Waals surface area contributed by atoms with E-state index in [4.69, 9.17) is 21.1 Å². The highest BCUT2D eigenvalue weighted by molar-refractivity contribution is 6.30. The minimum absolute atomic E-state index is 0.0652. The summed E-state index contributed by atoms with van der Waals surface area (Å²) >= 11 is 5.98. The Labute approximate surface area is 183 Å². The molecule has 1 amide bonds. The molecule has 1 fully saturated rings. The molecule has 30 heavy (non-hydrogen) atoms. The van der Waals surface area contributed by atoms with E-state index in [9.17, 15) is 4.79 Å². The Kier molecular flexibility index (Phi) is 7.82.